The number of furan rings is 1. The predicted molar refractivity (Wildman–Crippen MR) is 49.5 cm³/mol. The molecule has 0 unspecified atom stereocenters. The van der Waals surface area contributed by atoms with E-state index in [9.17, 15) is 13.2 Å². The molecule has 0 aliphatic heterocycles. The Hall–Kier alpha value is -0.930. The highest BCUT2D eigenvalue weighted by Crippen LogP contribution is 2.37. The Morgan fingerprint density at radius 2 is 1.73 bits per heavy atom. The summed E-state index contributed by atoms with van der Waals surface area (Å²) in [5.74, 6) is -0.181. The van der Waals surface area contributed by atoms with Crippen LogP contribution in [0.5, 0.6) is 0 Å². The molecule has 1 fully saturated rings. The second-order valence-electron chi connectivity index (χ2n) is 4.03. The average molecular weight is 218 g/mol. The van der Waals surface area contributed by atoms with Crippen molar-refractivity contribution in [3.05, 3.63) is 23.7 Å². The van der Waals surface area contributed by atoms with Crippen molar-refractivity contribution in [2.24, 2.45) is 0 Å². The van der Waals surface area contributed by atoms with E-state index >= 15 is 0 Å². The van der Waals surface area contributed by atoms with Crippen LogP contribution in [0.25, 0.3) is 0 Å². The van der Waals surface area contributed by atoms with Crippen LogP contribution in [-0.4, -0.2) is 0 Å². The Morgan fingerprint density at radius 1 is 1.07 bits per heavy atom. The van der Waals surface area contributed by atoms with Crippen molar-refractivity contribution in [2.45, 2.75) is 44.2 Å². The Morgan fingerprint density at radius 3 is 2.27 bits per heavy atom. The van der Waals surface area contributed by atoms with Crippen molar-refractivity contribution >= 4 is 0 Å². The monoisotopic (exact) mass is 218 g/mol. The molecule has 84 valence electrons. The van der Waals surface area contributed by atoms with Gasteiger partial charge in [-0.2, -0.15) is 13.2 Å². The molecule has 0 spiro atoms. The molecular weight excluding hydrogens is 205 g/mol. The third-order valence-corrected chi connectivity index (χ3v) is 2.91. The standard InChI is InChI=1S/C11H13F3O/c12-11(13,14)10-7-6-9(15-10)8-4-2-1-3-5-8/h6-8H,1-5H2. The molecule has 1 saturated carbocycles. The molecule has 1 nitrogen and oxygen atoms in total. The minimum absolute atomic E-state index is 0.190. The van der Waals surface area contributed by atoms with E-state index in [1.165, 1.54) is 12.5 Å². The molecule has 1 aromatic heterocycles. The van der Waals surface area contributed by atoms with E-state index in [2.05, 4.69) is 0 Å². The molecule has 1 aromatic rings. The van der Waals surface area contributed by atoms with Gasteiger partial charge in [-0.25, -0.2) is 0 Å². The average Bonchev–Trinajstić information content (AvgIpc) is 2.67. The van der Waals surface area contributed by atoms with Crippen LogP contribution in [0.15, 0.2) is 16.5 Å². The summed E-state index contributed by atoms with van der Waals surface area (Å²) in [5, 5.41) is 0. The van der Waals surface area contributed by atoms with E-state index in [1.807, 2.05) is 0 Å². The van der Waals surface area contributed by atoms with E-state index in [0.29, 0.717) is 5.76 Å². The first-order chi connectivity index (χ1) is 7.07. The lowest BCUT2D eigenvalue weighted by Gasteiger charge is -2.19. The zero-order valence-electron chi connectivity index (χ0n) is 8.31. The quantitative estimate of drug-likeness (QED) is 0.683. The maximum atomic E-state index is 12.3. The molecule has 0 aromatic carbocycles. The molecule has 0 N–H and O–H groups in total. The summed E-state index contributed by atoms with van der Waals surface area (Å²) >= 11 is 0. The topological polar surface area (TPSA) is 13.1 Å². The van der Waals surface area contributed by atoms with Crippen molar-refractivity contribution in [3.8, 4) is 0 Å². The number of hydrogen-bond acceptors (Lipinski definition) is 1. The number of halogens is 3. The molecule has 0 amide bonds. The van der Waals surface area contributed by atoms with E-state index < -0.39 is 11.9 Å². The molecule has 1 aliphatic rings. The van der Waals surface area contributed by atoms with Crippen molar-refractivity contribution in [3.63, 3.8) is 0 Å². The fourth-order valence-corrected chi connectivity index (χ4v) is 2.11. The SMILES string of the molecule is FC(F)(F)c1ccc(C2CCCCC2)o1. The Bertz CT molecular complexity index is 321. The third-order valence-electron chi connectivity index (χ3n) is 2.91. The zero-order valence-corrected chi connectivity index (χ0v) is 8.31. The molecular formula is C11H13F3O. The molecule has 0 atom stereocenters. The summed E-state index contributed by atoms with van der Waals surface area (Å²) in [6.07, 6.45) is 0.908. The highest BCUT2D eigenvalue weighted by molar-refractivity contribution is 5.13. The van der Waals surface area contributed by atoms with E-state index in [4.69, 9.17) is 4.42 Å². The zero-order chi connectivity index (χ0) is 10.9. The van der Waals surface area contributed by atoms with Crippen LogP contribution in [0.1, 0.15) is 49.5 Å². The van der Waals surface area contributed by atoms with Gasteiger partial charge in [0.1, 0.15) is 5.76 Å². The molecule has 1 aliphatic carbocycles. The first-order valence-electron chi connectivity index (χ1n) is 5.24. The van der Waals surface area contributed by atoms with Gasteiger partial charge in [-0.05, 0) is 25.0 Å². The summed E-state index contributed by atoms with van der Waals surface area (Å²) < 4.78 is 41.7. The maximum absolute atomic E-state index is 12.3. The Balaban J connectivity index is 2.12. The molecule has 15 heavy (non-hydrogen) atoms. The fraction of sp³-hybridized carbons (Fsp3) is 0.636. The smallest absolute Gasteiger partial charge is 0.449 e. The van der Waals surface area contributed by atoms with Gasteiger partial charge in [-0.15, -0.1) is 0 Å². The van der Waals surface area contributed by atoms with E-state index in [0.717, 1.165) is 31.7 Å². The number of hydrogen-bond donors (Lipinski definition) is 0. The lowest BCUT2D eigenvalue weighted by molar-refractivity contribution is -0.153. The predicted octanol–water partition coefficient (Wildman–Crippen LogP) is 4.35. The van der Waals surface area contributed by atoms with Crippen LogP contribution in [0.2, 0.25) is 0 Å². The van der Waals surface area contributed by atoms with Gasteiger partial charge in [-0.1, -0.05) is 19.3 Å². The highest BCUT2D eigenvalue weighted by Gasteiger charge is 2.35. The van der Waals surface area contributed by atoms with Crippen LogP contribution >= 0.6 is 0 Å². The Kier molecular flexibility index (Phi) is 2.76. The normalized spacial score (nSPS) is 19.4. The van der Waals surface area contributed by atoms with Gasteiger partial charge < -0.3 is 4.42 Å². The molecule has 0 saturated heterocycles. The summed E-state index contributed by atoms with van der Waals surface area (Å²) in [4.78, 5) is 0. The third kappa shape index (κ3) is 2.36. The van der Waals surface area contributed by atoms with Crippen molar-refractivity contribution in [2.75, 3.05) is 0 Å². The maximum Gasteiger partial charge on any atom is 0.449 e. The van der Waals surface area contributed by atoms with Gasteiger partial charge in [0.2, 0.25) is 5.76 Å². The second-order valence-corrected chi connectivity index (χ2v) is 4.03. The largest absolute Gasteiger partial charge is 0.456 e. The molecule has 4 heteroatoms. The van der Waals surface area contributed by atoms with Gasteiger partial charge in [0, 0.05) is 5.92 Å². The summed E-state index contributed by atoms with van der Waals surface area (Å²) in [5.41, 5.74) is 0. The van der Waals surface area contributed by atoms with Crippen LogP contribution in [-0.2, 0) is 6.18 Å². The lowest BCUT2D eigenvalue weighted by Crippen LogP contribution is -2.04. The van der Waals surface area contributed by atoms with Gasteiger partial charge in [-0.3, -0.25) is 0 Å². The molecule has 2 rings (SSSR count). The number of alkyl halides is 3. The van der Waals surface area contributed by atoms with Gasteiger partial charge in [0.25, 0.3) is 0 Å². The summed E-state index contributed by atoms with van der Waals surface area (Å²) in [6.45, 7) is 0. The minimum Gasteiger partial charge on any atom is -0.456 e. The van der Waals surface area contributed by atoms with Crippen molar-refractivity contribution in [1.29, 1.82) is 0 Å². The first-order valence-corrected chi connectivity index (χ1v) is 5.24. The van der Waals surface area contributed by atoms with E-state index in [-0.39, 0.29) is 5.92 Å². The van der Waals surface area contributed by atoms with Crippen molar-refractivity contribution in [1.82, 2.24) is 0 Å². The first kappa shape index (κ1) is 10.6. The van der Waals surface area contributed by atoms with Crippen LogP contribution in [0.3, 0.4) is 0 Å². The number of rotatable bonds is 1. The minimum atomic E-state index is -4.35. The van der Waals surface area contributed by atoms with Crippen molar-refractivity contribution < 1.29 is 17.6 Å². The van der Waals surface area contributed by atoms with E-state index in [1.54, 1.807) is 0 Å². The van der Waals surface area contributed by atoms with Crippen LogP contribution < -0.4 is 0 Å². The fourth-order valence-electron chi connectivity index (χ4n) is 2.11. The lowest BCUT2D eigenvalue weighted by atomic mass is 9.88. The van der Waals surface area contributed by atoms with Crippen LogP contribution in [0, 0.1) is 0 Å². The molecule has 0 bridgehead atoms. The highest BCUT2D eigenvalue weighted by atomic mass is 19.4. The Labute approximate surface area is 86.3 Å². The van der Waals surface area contributed by atoms with Gasteiger partial charge >= 0.3 is 6.18 Å². The van der Waals surface area contributed by atoms with Gasteiger partial charge in [0.05, 0.1) is 0 Å². The summed E-state index contributed by atoms with van der Waals surface area (Å²) in [7, 11) is 0. The second kappa shape index (κ2) is 3.91. The summed E-state index contributed by atoms with van der Waals surface area (Å²) in [6, 6.07) is 2.50. The molecule has 0 radical (unpaired) electrons. The molecule has 1 heterocycles. The van der Waals surface area contributed by atoms with Gasteiger partial charge in [0.15, 0.2) is 0 Å². The van der Waals surface area contributed by atoms with Crippen LogP contribution in [0.4, 0.5) is 13.2 Å².